The SMILES string of the molecule is Fc1ccc(NCc2ccc3ccccc3c2)cc1. The standard InChI is InChI=1S/C17H14FN/c18-16-7-9-17(10-8-16)19-12-13-5-6-14-3-1-2-4-15(14)11-13/h1-11,19H,12H2. The molecule has 0 unspecified atom stereocenters. The minimum atomic E-state index is -0.212. The van der Waals surface area contributed by atoms with Gasteiger partial charge in [0, 0.05) is 12.2 Å². The van der Waals surface area contributed by atoms with Crippen LogP contribution in [0.15, 0.2) is 66.7 Å². The van der Waals surface area contributed by atoms with Crippen LogP contribution in [0.5, 0.6) is 0 Å². The van der Waals surface area contributed by atoms with Crippen molar-refractivity contribution >= 4 is 16.5 Å². The highest BCUT2D eigenvalue weighted by Crippen LogP contribution is 2.17. The molecule has 0 aliphatic heterocycles. The number of rotatable bonds is 3. The molecule has 0 amide bonds. The van der Waals surface area contributed by atoms with Crippen molar-refractivity contribution in [3.63, 3.8) is 0 Å². The molecule has 0 heterocycles. The van der Waals surface area contributed by atoms with Gasteiger partial charge in [-0.2, -0.15) is 0 Å². The molecular weight excluding hydrogens is 237 g/mol. The van der Waals surface area contributed by atoms with Crippen LogP contribution in [0.4, 0.5) is 10.1 Å². The minimum Gasteiger partial charge on any atom is -0.381 e. The summed E-state index contributed by atoms with van der Waals surface area (Å²) in [5.41, 5.74) is 2.14. The van der Waals surface area contributed by atoms with Gasteiger partial charge in [-0.05, 0) is 46.7 Å². The molecule has 0 saturated carbocycles. The van der Waals surface area contributed by atoms with Crippen molar-refractivity contribution in [2.45, 2.75) is 6.54 Å². The Balaban J connectivity index is 1.76. The van der Waals surface area contributed by atoms with Crippen LogP contribution in [0, 0.1) is 5.82 Å². The van der Waals surface area contributed by atoms with E-state index in [4.69, 9.17) is 0 Å². The second-order valence-corrected chi connectivity index (χ2v) is 4.54. The van der Waals surface area contributed by atoms with E-state index in [1.165, 1.54) is 28.5 Å². The molecule has 2 heteroatoms. The highest BCUT2D eigenvalue weighted by Gasteiger charge is 1.97. The second kappa shape index (κ2) is 5.11. The molecule has 0 aliphatic rings. The summed E-state index contributed by atoms with van der Waals surface area (Å²) < 4.78 is 12.8. The largest absolute Gasteiger partial charge is 0.381 e. The van der Waals surface area contributed by atoms with E-state index in [9.17, 15) is 4.39 Å². The highest BCUT2D eigenvalue weighted by molar-refractivity contribution is 5.83. The Hall–Kier alpha value is -2.35. The van der Waals surface area contributed by atoms with Crippen LogP contribution in [0.1, 0.15) is 5.56 Å². The normalized spacial score (nSPS) is 10.6. The Morgan fingerprint density at radius 1 is 0.789 bits per heavy atom. The Labute approximate surface area is 111 Å². The van der Waals surface area contributed by atoms with Crippen LogP contribution in [0.2, 0.25) is 0 Å². The summed E-state index contributed by atoms with van der Waals surface area (Å²) in [5.74, 6) is -0.212. The molecule has 0 fully saturated rings. The zero-order valence-corrected chi connectivity index (χ0v) is 10.4. The molecule has 94 valence electrons. The number of nitrogens with one attached hydrogen (secondary N) is 1. The van der Waals surface area contributed by atoms with Crippen LogP contribution in [0.25, 0.3) is 10.8 Å². The van der Waals surface area contributed by atoms with Crippen molar-refractivity contribution in [1.82, 2.24) is 0 Å². The van der Waals surface area contributed by atoms with E-state index >= 15 is 0 Å². The van der Waals surface area contributed by atoms with Crippen molar-refractivity contribution < 1.29 is 4.39 Å². The third-order valence-electron chi connectivity index (χ3n) is 3.15. The number of hydrogen-bond donors (Lipinski definition) is 1. The maximum atomic E-state index is 12.8. The molecule has 3 rings (SSSR count). The summed E-state index contributed by atoms with van der Waals surface area (Å²) in [4.78, 5) is 0. The zero-order valence-electron chi connectivity index (χ0n) is 10.4. The zero-order chi connectivity index (χ0) is 13.1. The van der Waals surface area contributed by atoms with Crippen LogP contribution >= 0.6 is 0 Å². The van der Waals surface area contributed by atoms with Gasteiger partial charge in [-0.1, -0.05) is 36.4 Å². The Morgan fingerprint density at radius 3 is 2.32 bits per heavy atom. The molecule has 0 radical (unpaired) electrons. The average Bonchev–Trinajstić information content (AvgIpc) is 2.46. The number of halogens is 1. The summed E-state index contributed by atoms with van der Waals surface area (Å²) >= 11 is 0. The molecule has 3 aromatic rings. The Morgan fingerprint density at radius 2 is 1.53 bits per heavy atom. The van der Waals surface area contributed by atoms with Crippen LogP contribution in [-0.2, 0) is 6.54 Å². The average molecular weight is 251 g/mol. The first-order valence-corrected chi connectivity index (χ1v) is 6.28. The molecule has 1 nitrogen and oxygen atoms in total. The van der Waals surface area contributed by atoms with Gasteiger partial charge in [0.25, 0.3) is 0 Å². The van der Waals surface area contributed by atoms with Crippen molar-refractivity contribution in [3.8, 4) is 0 Å². The van der Waals surface area contributed by atoms with Crippen LogP contribution < -0.4 is 5.32 Å². The fraction of sp³-hybridized carbons (Fsp3) is 0.0588. The molecule has 0 bridgehead atoms. The monoisotopic (exact) mass is 251 g/mol. The van der Waals surface area contributed by atoms with Crippen molar-refractivity contribution in [2.75, 3.05) is 5.32 Å². The number of fused-ring (bicyclic) bond motifs is 1. The van der Waals surface area contributed by atoms with Crippen LogP contribution in [0.3, 0.4) is 0 Å². The van der Waals surface area contributed by atoms with Gasteiger partial charge in [0.2, 0.25) is 0 Å². The lowest BCUT2D eigenvalue weighted by atomic mass is 10.1. The summed E-state index contributed by atoms with van der Waals surface area (Å²) in [5, 5.41) is 5.77. The molecule has 0 atom stereocenters. The van der Waals surface area contributed by atoms with Gasteiger partial charge in [0.1, 0.15) is 5.82 Å². The molecule has 19 heavy (non-hydrogen) atoms. The highest BCUT2D eigenvalue weighted by atomic mass is 19.1. The van der Waals surface area contributed by atoms with Gasteiger partial charge >= 0.3 is 0 Å². The molecule has 3 aromatic carbocycles. The quantitative estimate of drug-likeness (QED) is 0.717. The van der Waals surface area contributed by atoms with E-state index in [1.54, 1.807) is 12.1 Å². The molecule has 1 N–H and O–H groups in total. The number of anilines is 1. The lowest BCUT2D eigenvalue weighted by molar-refractivity contribution is 0.628. The van der Waals surface area contributed by atoms with E-state index in [2.05, 4.69) is 35.6 Å². The van der Waals surface area contributed by atoms with Crippen LogP contribution in [-0.4, -0.2) is 0 Å². The van der Waals surface area contributed by atoms with Gasteiger partial charge < -0.3 is 5.32 Å². The van der Waals surface area contributed by atoms with E-state index < -0.39 is 0 Å². The maximum Gasteiger partial charge on any atom is 0.123 e. The topological polar surface area (TPSA) is 12.0 Å². The van der Waals surface area contributed by atoms with E-state index in [0.717, 1.165) is 12.2 Å². The fourth-order valence-corrected chi connectivity index (χ4v) is 2.12. The van der Waals surface area contributed by atoms with Crippen molar-refractivity contribution in [1.29, 1.82) is 0 Å². The number of benzene rings is 3. The molecule has 0 spiro atoms. The summed E-state index contributed by atoms with van der Waals surface area (Å²) in [6.45, 7) is 0.733. The first-order chi connectivity index (χ1) is 9.31. The number of hydrogen-bond acceptors (Lipinski definition) is 1. The van der Waals surface area contributed by atoms with Gasteiger partial charge in [-0.25, -0.2) is 4.39 Å². The van der Waals surface area contributed by atoms with Gasteiger partial charge in [0.05, 0.1) is 0 Å². The maximum absolute atomic E-state index is 12.8. The molecule has 0 aliphatic carbocycles. The lowest BCUT2D eigenvalue weighted by Gasteiger charge is -2.07. The third-order valence-corrected chi connectivity index (χ3v) is 3.15. The van der Waals surface area contributed by atoms with Gasteiger partial charge in [-0.15, -0.1) is 0 Å². The van der Waals surface area contributed by atoms with Crippen molar-refractivity contribution in [2.24, 2.45) is 0 Å². The van der Waals surface area contributed by atoms with Gasteiger partial charge in [-0.3, -0.25) is 0 Å². The first-order valence-electron chi connectivity index (χ1n) is 6.28. The molecular formula is C17H14FN. The fourth-order valence-electron chi connectivity index (χ4n) is 2.12. The molecule has 0 aromatic heterocycles. The minimum absolute atomic E-state index is 0.212. The second-order valence-electron chi connectivity index (χ2n) is 4.54. The Bertz CT molecular complexity index is 689. The summed E-state index contributed by atoms with van der Waals surface area (Å²) in [6, 6.07) is 21.1. The predicted molar refractivity (Wildman–Crippen MR) is 77.7 cm³/mol. The van der Waals surface area contributed by atoms with E-state index in [0.29, 0.717) is 0 Å². The third kappa shape index (κ3) is 2.74. The Kier molecular flexibility index (Phi) is 3.15. The summed E-state index contributed by atoms with van der Waals surface area (Å²) in [7, 11) is 0. The summed E-state index contributed by atoms with van der Waals surface area (Å²) in [6.07, 6.45) is 0. The van der Waals surface area contributed by atoms with Gasteiger partial charge in [0.15, 0.2) is 0 Å². The molecule has 0 saturated heterocycles. The first kappa shape index (κ1) is 11.7. The predicted octanol–water partition coefficient (Wildman–Crippen LogP) is 4.59. The lowest BCUT2D eigenvalue weighted by Crippen LogP contribution is -1.99. The van der Waals surface area contributed by atoms with Crippen molar-refractivity contribution in [3.05, 3.63) is 78.1 Å². The van der Waals surface area contributed by atoms with E-state index in [-0.39, 0.29) is 5.82 Å². The smallest absolute Gasteiger partial charge is 0.123 e. The van der Waals surface area contributed by atoms with E-state index in [1.807, 2.05) is 12.1 Å².